The van der Waals surface area contributed by atoms with E-state index in [9.17, 15) is 9.59 Å². The molecular weight excluding hydrogens is 456 g/mol. The third-order valence-electron chi connectivity index (χ3n) is 4.83. The number of hydrogen-bond donors (Lipinski definition) is 0. The third kappa shape index (κ3) is 5.19. The van der Waals surface area contributed by atoms with E-state index in [-0.39, 0.29) is 12.4 Å². The van der Waals surface area contributed by atoms with Gasteiger partial charge in [0.1, 0.15) is 12.4 Å². The Kier molecular flexibility index (Phi) is 6.43. The van der Waals surface area contributed by atoms with Gasteiger partial charge in [-0.25, -0.2) is 4.79 Å². The Hall–Kier alpha value is -3.44. The minimum Gasteiger partial charge on any atom is -0.489 e. The van der Waals surface area contributed by atoms with Crippen LogP contribution in [0.4, 0.5) is 0 Å². The maximum atomic E-state index is 12.6. The second-order valence-corrected chi connectivity index (χ2v) is 7.88. The fourth-order valence-corrected chi connectivity index (χ4v) is 3.46. The van der Waals surface area contributed by atoms with E-state index in [2.05, 4.69) is 15.9 Å². The van der Waals surface area contributed by atoms with E-state index in [0.717, 1.165) is 26.6 Å². The maximum Gasteiger partial charge on any atom is 0.338 e. The highest BCUT2D eigenvalue weighted by Crippen LogP contribution is 2.20. The standard InChI is InChI=1S/C26H19BrO4/c27-21-12-14-22(15-13-21)30-16-18-8-10-20(11-9-18)26(29)31-17-25(28)24-7-3-5-19-4-1-2-6-23(19)24/h1-15H,16-17H2. The van der Waals surface area contributed by atoms with Crippen LogP contribution in [0.3, 0.4) is 0 Å². The minimum atomic E-state index is -0.533. The molecule has 0 saturated carbocycles. The van der Waals surface area contributed by atoms with Crippen LogP contribution in [-0.2, 0) is 11.3 Å². The molecule has 5 heteroatoms. The van der Waals surface area contributed by atoms with Crippen molar-refractivity contribution in [2.75, 3.05) is 6.61 Å². The van der Waals surface area contributed by atoms with Crippen molar-refractivity contribution in [1.82, 2.24) is 0 Å². The van der Waals surface area contributed by atoms with Crippen molar-refractivity contribution in [2.24, 2.45) is 0 Å². The zero-order chi connectivity index (χ0) is 21.6. The number of rotatable bonds is 7. The molecule has 154 valence electrons. The normalized spacial score (nSPS) is 10.6. The summed E-state index contributed by atoms with van der Waals surface area (Å²) in [6, 6.07) is 27.7. The Morgan fingerprint density at radius 2 is 1.48 bits per heavy atom. The highest BCUT2D eigenvalue weighted by molar-refractivity contribution is 9.10. The van der Waals surface area contributed by atoms with Gasteiger partial charge in [0.25, 0.3) is 0 Å². The molecule has 0 saturated heterocycles. The molecule has 4 aromatic rings. The predicted octanol–water partition coefficient (Wildman–Crippen LogP) is 6.22. The molecule has 0 fully saturated rings. The molecule has 0 aromatic heterocycles. The summed E-state index contributed by atoms with van der Waals surface area (Å²) in [6.45, 7) is 0.0811. The van der Waals surface area contributed by atoms with Gasteiger partial charge >= 0.3 is 5.97 Å². The lowest BCUT2D eigenvalue weighted by atomic mass is 10.0. The van der Waals surface area contributed by atoms with Crippen molar-refractivity contribution in [3.05, 3.63) is 112 Å². The zero-order valence-electron chi connectivity index (χ0n) is 16.6. The lowest BCUT2D eigenvalue weighted by molar-refractivity contribution is 0.0475. The van der Waals surface area contributed by atoms with Crippen molar-refractivity contribution < 1.29 is 19.1 Å². The molecule has 0 unspecified atom stereocenters. The lowest BCUT2D eigenvalue weighted by Gasteiger charge is -2.08. The van der Waals surface area contributed by atoms with Gasteiger partial charge < -0.3 is 9.47 Å². The number of carbonyl (C=O) groups excluding carboxylic acids is 2. The van der Waals surface area contributed by atoms with E-state index in [1.54, 1.807) is 18.2 Å². The SMILES string of the molecule is O=C(OCC(=O)c1cccc2ccccc12)c1ccc(COc2ccc(Br)cc2)cc1. The molecule has 0 radical (unpaired) electrons. The van der Waals surface area contributed by atoms with Crippen LogP contribution in [0.25, 0.3) is 10.8 Å². The number of halogens is 1. The fourth-order valence-electron chi connectivity index (χ4n) is 3.20. The van der Waals surface area contributed by atoms with Crippen molar-refractivity contribution in [2.45, 2.75) is 6.61 Å². The Labute approximate surface area is 188 Å². The van der Waals surface area contributed by atoms with E-state index in [0.29, 0.717) is 17.7 Å². The van der Waals surface area contributed by atoms with Crippen LogP contribution >= 0.6 is 15.9 Å². The summed E-state index contributed by atoms with van der Waals surface area (Å²) >= 11 is 3.39. The highest BCUT2D eigenvalue weighted by atomic mass is 79.9. The molecule has 0 aliphatic heterocycles. The first-order chi connectivity index (χ1) is 15.1. The van der Waals surface area contributed by atoms with Crippen LogP contribution in [0.5, 0.6) is 5.75 Å². The quantitative estimate of drug-likeness (QED) is 0.235. The van der Waals surface area contributed by atoms with Gasteiger partial charge in [-0.3, -0.25) is 4.79 Å². The Balaban J connectivity index is 1.34. The molecule has 0 aliphatic carbocycles. The summed E-state index contributed by atoms with van der Waals surface area (Å²) in [5, 5.41) is 1.82. The van der Waals surface area contributed by atoms with E-state index in [1.807, 2.05) is 72.8 Å². The number of ether oxygens (including phenoxy) is 2. The van der Waals surface area contributed by atoms with Gasteiger partial charge in [0, 0.05) is 10.0 Å². The summed E-state index contributed by atoms with van der Waals surface area (Å²) in [6.07, 6.45) is 0. The number of hydrogen-bond acceptors (Lipinski definition) is 4. The first kappa shape index (κ1) is 20.8. The predicted molar refractivity (Wildman–Crippen MR) is 123 cm³/mol. The second-order valence-electron chi connectivity index (χ2n) is 6.97. The summed E-state index contributed by atoms with van der Waals surface area (Å²) in [5.74, 6) is -0.00253. The molecule has 0 aliphatic rings. The molecule has 0 atom stereocenters. The van der Waals surface area contributed by atoms with Crippen molar-refractivity contribution in [3.63, 3.8) is 0 Å². The molecule has 4 rings (SSSR count). The van der Waals surface area contributed by atoms with E-state index in [4.69, 9.17) is 9.47 Å². The molecule has 0 amide bonds. The molecule has 0 heterocycles. The summed E-state index contributed by atoms with van der Waals surface area (Å²) in [5.41, 5.74) is 1.86. The first-order valence-corrected chi connectivity index (χ1v) is 10.5. The lowest BCUT2D eigenvalue weighted by Crippen LogP contribution is -2.14. The average Bonchev–Trinajstić information content (AvgIpc) is 2.82. The fraction of sp³-hybridized carbons (Fsp3) is 0.0769. The molecule has 4 nitrogen and oxygen atoms in total. The Morgan fingerprint density at radius 1 is 0.774 bits per heavy atom. The van der Waals surface area contributed by atoms with Crippen molar-refractivity contribution in [3.8, 4) is 5.75 Å². The van der Waals surface area contributed by atoms with Crippen LogP contribution < -0.4 is 4.74 Å². The third-order valence-corrected chi connectivity index (χ3v) is 5.36. The van der Waals surface area contributed by atoms with Gasteiger partial charge in [0.05, 0.1) is 5.56 Å². The van der Waals surface area contributed by atoms with E-state index < -0.39 is 5.97 Å². The number of fused-ring (bicyclic) bond motifs is 1. The topological polar surface area (TPSA) is 52.6 Å². The van der Waals surface area contributed by atoms with Gasteiger partial charge in [-0.1, -0.05) is 70.5 Å². The van der Waals surface area contributed by atoms with Crippen LogP contribution in [0.15, 0.2) is 95.5 Å². The zero-order valence-corrected chi connectivity index (χ0v) is 18.2. The summed E-state index contributed by atoms with van der Waals surface area (Å²) in [4.78, 5) is 24.9. The summed E-state index contributed by atoms with van der Waals surface area (Å²) in [7, 11) is 0. The van der Waals surface area contributed by atoms with Gasteiger partial charge in [-0.15, -0.1) is 0 Å². The molecule has 4 aromatic carbocycles. The largest absolute Gasteiger partial charge is 0.489 e. The van der Waals surface area contributed by atoms with Gasteiger partial charge in [0.15, 0.2) is 6.61 Å². The Morgan fingerprint density at radius 3 is 2.26 bits per heavy atom. The number of benzene rings is 4. The number of Topliss-reactive ketones (excluding diaryl/α,β-unsaturated/α-hetero) is 1. The van der Waals surface area contributed by atoms with Gasteiger partial charge in [0.2, 0.25) is 5.78 Å². The van der Waals surface area contributed by atoms with Crippen molar-refractivity contribution in [1.29, 1.82) is 0 Å². The van der Waals surface area contributed by atoms with Gasteiger partial charge in [-0.2, -0.15) is 0 Å². The van der Waals surface area contributed by atoms with Crippen LogP contribution in [0.2, 0.25) is 0 Å². The first-order valence-electron chi connectivity index (χ1n) is 9.75. The van der Waals surface area contributed by atoms with Crippen molar-refractivity contribution >= 4 is 38.5 Å². The van der Waals surface area contributed by atoms with Crippen LogP contribution in [-0.4, -0.2) is 18.4 Å². The number of carbonyl (C=O) groups is 2. The maximum absolute atomic E-state index is 12.6. The van der Waals surface area contributed by atoms with Gasteiger partial charge in [-0.05, 0) is 52.7 Å². The highest BCUT2D eigenvalue weighted by Gasteiger charge is 2.14. The summed E-state index contributed by atoms with van der Waals surface area (Å²) < 4.78 is 12.0. The minimum absolute atomic E-state index is 0.232. The average molecular weight is 475 g/mol. The molecule has 31 heavy (non-hydrogen) atoms. The molecule has 0 spiro atoms. The van der Waals surface area contributed by atoms with E-state index in [1.165, 1.54) is 0 Å². The molecule has 0 N–H and O–H groups in total. The van der Waals surface area contributed by atoms with E-state index >= 15 is 0 Å². The monoisotopic (exact) mass is 474 g/mol. The Bertz CT molecular complexity index is 1210. The number of esters is 1. The second kappa shape index (κ2) is 9.58. The number of ketones is 1. The smallest absolute Gasteiger partial charge is 0.338 e. The van der Waals surface area contributed by atoms with Crippen LogP contribution in [0, 0.1) is 0 Å². The van der Waals surface area contributed by atoms with Crippen LogP contribution in [0.1, 0.15) is 26.3 Å². The molecular formula is C26H19BrO4. The molecule has 0 bridgehead atoms.